The maximum absolute atomic E-state index is 10.3. The van der Waals surface area contributed by atoms with Gasteiger partial charge in [0, 0.05) is 18.1 Å². The standard InChI is InChI=1S/C8H17NO4S/c1-2-13-3-6(10)4-14-5-7(9)8(11)12/h6-7,10H,2-5,9H2,1H3,(H,11,12)/t6?,7-/m0/s1. The zero-order valence-electron chi connectivity index (χ0n) is 8.18. The number of aliphatic hydroxyl groups is 1. The van der Waals surface area contributed by atoms with Crippen LogP contribution in [-0.2, 0) is 9.53 Å². The Hall–Kier alpha value is -0.300. The Bertz CT molecular complexity index is 167. The molecule has 1 unspecified atom stereocenters. The Labute approximate surface area is 87.6 Å². The molecule has 0 aromatic carbocycles. The quantitative estimate of drug-likeness (QED) is 0.515. The monoisotopic (exact) mass is 223 g/mol. The summed E-state index contributed by atoms with van der Waals surface area (Å²) in [6.45, 7) is 2.70. The van der Waals surface area contributed by atoms with Gasteiger partial charge in [-0.15, -0.1) is 0 Å². The van der Waals surface area contributed by atoms with Crippen LogP contribution < -0.4 is 5.73 Å². The molecule has 2 atom stereocenters. The molecule has 0 heterocycles. The van der Waals surface area contributed by atoms with Crippen molar-refractivity contribution in [2.75, 3.05) is 24.7 Å². The molecule has 84 valence electrons. The van der Waals surface area contributed by atoms with E-state index in [-0.39, 0.29) is 6.61 Å². The van der Waals surface area contributed by atoms with Crippen molar-refractivity contribution in [3.63, 3.8) is 0 Å². The lowest BCUT2D eigenvalue weighted by Gasteiger charge is -2.11. The van der Waals surface area contributed by atoms with Gasteiger partial charge >= 0.3 is 5.97 Å². The van der Waals surface area contributed by atoms with Gasteiger partial charge in [0.25, 0.3) is 0 Å². The molecule has 0 amide bonds. The van der Waals surface area contributed by atoms with E-state index in [1.807, 2.05) is 6.92 Å². The summed E-state index contributed by atoms with van der Waals surface area (Å²) in [6.07, 6.45) is -0.555. The molecule has 0 aromatic heterocycles. The van der Waals surface area contributed by atoms with Gasteiger partial charge in [-0.2, -0.15) is 11.8 Å². The topological polar surface area (TPSA) is 92.8 Å². The number of aliphatic carboxylic acids is 1. The summed E-state index contributed by atoms with van der Waals surface area (Å²) >= 11 is 1.31. The van der Waals surface area contributed by atoms with Crippen molar-refractivity contribution in [2.45, 2.75) is 19.1 Å². The Morgan fingerprint density at radius 2 is 2.21 bits per heavy atom. The molecule has 0 aliphatic rings. The Morgan fingerprint density at radius 3 is 2.71 bits per heavy atom. The molecule has 0 spiro atoms. The van der Waals surface area contributed by atoms with E-state index >= 15 is 0 Å². The van der Waals surface area contributed by atoms with Crippen molar-refractivity contribution in [2.24, 2.45) is 5.73 Å². The molecule has 4 N–H and O–H groups in total. The van der Waals surface area contributed by atoms with Gasteiger partial charge < -0.3 is 20.7 Å². The van der Waals surface area contributed by atoms with Gasteiger partial charge in [-0.3, -0.25) is 4.79 Å². The summed E-state index contributed by atoms with van der Waals surface area (Å²) in [5.41, 5.74) is 5.27. The highest BCUT2D eigenvalue weighted by Crippen LogP contribution is 2.05. The predicted molar refractivity (Wildman–Crippen MR) is 55.4 cm³/mol. The Balaban J connectivity index is 3.39. The lowest BCUT2D eigenvalue weighted by atomic mass is 10.4. The van der Waals surface area contributed by atoms with Crippen LogP contribution in [0.2, 0.25) is 0 Å². The second kappa shape index (κ2) is 8.05. The first-order valence-corrected chi connectivity index (χ1v) is 5.55. The van der Waals surface area contributed by atoms with Crippen molar-refractivity contribution in [3.8, 4) is 0 Å². The number of hydrogen-bond acceptors (Lipinski definition) is 5. The van der Waals surface area contributed by atoms with E-state index in [2.05, 4.69) is 0 Å². The summed E-state index contributed by atoms with van der Waals surface area (Å²) in [7, 11) is 0. The minimum Gasteiger partial charge on any atom is -0.480 e. The van der Waals surface area contributed by atoms with Gasteiger partial charge in [0.1, 0.15) is 6.04 Å². The number of thioether (sulfide) groups is 1. The highest BCUT2D eigenvalue weighted by atomic mass is 32.2. The fourth-order valence-corrected chi connectivity index (χ4v) is 1.61. The normalized spacial score (nSPS) is 15.1. The van der Waals surface area contributed by atoms with E-state index in [1.54, 1.807) is 0 Å². The average Bonchev–Trinajstić information content (AvgIpc) is 2.14. The zero-order valence-corrected chi connectivity index (χ0v) is 9.00. The van der Waals surface area contributed by atoms with Crippen LogP contribution in [0, 0.1) is 0 Å². The molecular formula is C8H17NO4S. The maximum Gasteiger partial charge on any atom is 0.321 e. The van der Waals surface area contributed by atoms with Crippen molar-refractivity contribution in [1.29, 1.82) is 0 Å². The SMILES string of the molecule is CCOCC(O)CSC[C@H](N)C(=O)O. The van der Waals surface area contributed by atoms with Crippen LogP contribution in [0.15, 0.2) is 0 Å². The van der Waals surface area contributed by atoms with Crippen LogP contribution in [0.1, 0.15) is 6.92 Å². The number of rotatable bonds is 8. The molecular weight excluding hydrogens is 206 g/mol. The highest BCUT2D eigenvalue weighted by molar-refractivity contribution is 7.99. The molecule has 0 aliphatic carbocycles. The molecule has 0 rings (SSSR count). The third-order valence-electron chi connectivity index (χ3n) is 1.44. The lowest BCUT2D eigenvalue weighted by molar-refractivity contribution is -0.137. The van der Waals surface area contributed by atoms with Gasteiger partial charge in [0.2, 0.25) is 0 Å². The largest absolute Gasteiger partial charge is 0.480 e. The number of hydrogen-bond donors (Lipinski definition) is 3. The van der Waals surface area contributed by atoms with Gasteiger partial charge in [-0.1, -0.05) is 0 Å². The molecule has 0 radical (unpaired) electrons. The first kappa shape index (κ1) is 13.7. The second-order valence-electron chi connectivity index (χ2n) is 2.80. The predicted octanol–water partition coefficient (Wildman–Crippen LogP) is -0.471. The van der Waals surface area contributed by atoms with Crippen molar-refractivity contribution < 1.29 is 19.7 Å². The summed E-state index contributed by atoms with van der Waals surface area (Å²) < 4.78 is 4.99. The van der Waals surface area contributed by atoms with Crippen LogP contribution in [0.5, 0.6) is 0 Å². The molecule has 0 bridgehead atoms. The third-order valence-corrected chi connectivity index (χ3v) is 2.65. The number of carboxylic acid groups (broad SMARTS) is 1. The van der Waals surface area contributed by atoms with Gasteiger partial charge in [0.15, 0.2) is 0 Å². The number of aliphatic hydroxyl groups excluding tert-OH is 1. The molecule has 14 heavy (non-hydrogen) atoms. The third kappa shape index (κ3) is 7.14. The summed E-state index contributed by atoms with van der Waals surface area (Å²) in [4.78, 5) is 10.3. The van der Waals surface area contributed by atoms with Crippen LogP contribution in [0.4, 0.5) is 0 Å². The summed E-state index contributed by atoms with van der Waals surface area (Å²) in [6, 6.07) is -0.862. The van der Waals surface area contributed by atoms with Crippen molar-refractivity contribution >= 4 is 17.7 Å². The van der Waals surface area contributed by atoms with Gasteiger partial charge in [-0.25, -0.2) is 0 Å². The minimum absolute atomic E-state index is 0.284. The lowest BCUT2D eigenvalue weighted by Crippen LogP contribution is -2.33. The first-order chi connectivity index (χ1) is 6.57. The van der Waals surface area contributed by atoms with Crippen molar-refractivity contribution in [3.05, 3.63) is 0 Å². The molecule has 0 saturated heterocycles. The van der Waals surface area contributed by atoms with E-state index in [0.29, 0.717) is 18.1 Å². The van der Waals surface area contributed by atoms with Crippen LogP contribution >= 0.6 is 11.8 Å². The van der Waals surface area contributed by atoms with Gasteiger partial charge in [0.05, 0.1) is 12.7 Å². The second-order valence-corrected chi connectivity index (χ2v) is 3.87. The smallest absolute Gasteiger partial charge is 0.321 e. The first-order valence-electron chi connectivity index (χ1n) is 4.39. The highest BCUT2D eigenvalue weighted by Gasteiger charge is 2.12. The molecule has 6 heteroatoms. The number of ether oxygens (including phenoxy) is 1. The van der Waals surface area contributed by atoms with Gasteiger partial charge in [-0.05, 0) is 6.92 Å². The van der Waals surface area contributed by atoms with E-state index in [4.69, 9.17) is 15.6 Å². The summed E-state index contributed by atoms with van der Waals surface area (Å²) in [5, 5.41) is 17.8. The number of nitrogens with two attached hydrogens (primary N) is 1. The van der Waals surface area contributed by atoms with Crippen LogP contribution in [0.3, 0.4) is 0 Å². The Kier molecular flexibility index (Phi) is 7.87. The number of carboxylic acids is 1. The van der Waals surface area contributed by atoms with E-state index < -0.39 is 18.1 Å². The Morgan fingerprint density at radius 1 is 1.57 bits per heavy atom. The molecule has 0 aromatic rings. The maximum atomic E-state index is 10.3. The number of carbonyl (C=O) groups is 1. The average molecular weight is 223 g/mol. The van der Waals surface area contributed by atoms with Crippen molar-refractivity contribution in [1.82, 2.24) is 0 Å². The van der Waals surface area contributed by atoms with E-state index in [0.717, 1.165) is 0 Å². The molecule has 0 saturated carbocycles. The van der Waals surface area contributed by atoms with E-state index in [9.17, 15) is 9.90 Å². The minimum atomic E-state index is -1.02. The van der Waals surface area contributed by atoms with E-state index in [1.165, 1.54) is 11.8 Å². The molecule has 5 nitrogen and oxygen atoms in total. The fourth-order valence-electron chi connectivity index (χ4n) is 0.704. The molecule has 0 aliphatic heterocycles. The van der Waals surface area contributed by atoms with Crippen LogP contribution in [0.25, 0.3) is 0 Å². The molecule has 0 fully saturated rings. The zero-order chi connectivity index (χ0) is 11.0. The van der Waals surface area contributed by atoms with Crippen LogP contribution in [-0.4, -0.2) is 53.0 Å². The summed E-state index contributed by atoms with van der Waals surface area (Å²) in [5.74, 6) is -0.267. The fraction of sp³-hybridized carbons (Fsp3) is 0.875.